The number of fused-ring (bicyclic) bond motifs is 1. The van der Waals surface area contributed by atoms with Crippen LogP contribution >= 0.6 is 11.3 Å². The van der Waals surface area contributed by atoms with Crippen LogP contribution in [0.1, 0.15) is 39.2 Å². The van der Waals surface area contributed by atoms with E-state index in [0.29, 0.717) is 18.5 Å². The topological polar surface area (TPSA) is 64.6 Å². The number of hydrogen-bond acceptors (Lipinski definition) is 5. The van der Waals surface area contributed by atoms with Crippen LogP contribution in [0.5, 0.6) is 5.75 Å². The predicted octanol–water partition coefficient (Wildman–Crippen LogP) is 3.15. The van der Waals surface area contributed by atoms with Gasteiger partial charge in [-0.1, -0.05) is 12.1 Å². The van der Waals surface area contributed by atoms with Gasteiger partial charge in [-0.05, 0) is 55.4 Å². The molecule has 1 N–H and O–H groups in total. The fourth-order valence-corrected chi connectivity index (χ4v) is 4.18. The summed E-state index contributed by atoms with van der Waals surface area (Å²) in [5, 5.41) is 4.64. The van der Waals surface area contributed by atoms with Crippen molar-refractivity contribution in [2.75, 3.05) is 20.3 Å². The highest BCUT2D eigenvalue weighted by atomic mass is 32.1. The monoisotopic (exact) mass is 373 g/mol. The summed E-state index contributed by atoms with van der Waals surface area (Å²) in [6.45, 7) is 0.253. The lowest BCUT2D eigenvalue weighted by Crippen LogP contribution is -2.30. The van der Waals surface area contributed by atoms with Crippen molar-refractivity contribution in [3.63, 3.8) is 0 Å². The third kappa shape index (κ3) is 4.64. The fraction of sp³-hybridized carbons (Fsp3) is 0.400. The molecule has 6 heteroatoms. The van der Waals surface area contributed by atoms with Crippen LogP contribution in [0.15, 0.2) is 29.6 Å². The Morgan fingerprint density at radius 2 is 1.92 bits per heavy atom. The van der Waals surface area contributed by atoms with Crippen molar-refractivity contribution in [2.45, 2.75) is 32.1 Å². The van der Waals surface area contributed by atoms with Crippen LogP contribution in [-0.2, 0) is 28.8 Å². The third-order valence-corrected chi connectivity index (χ3v) is 5.60. The molecule has 3 rings (SSSR count). The van der Waals surface area contributed by atoms with Crippen LogP contribution < -0.4 is 10.1 Å². The van der Waals surface area contributed by atoms with E-state index >= 15 is 0 Å². The van der Waals surface area contributed by atoms with Gasteiger partial charge in [-0.15, -0.1) is 11.3 Å². The summed E-state index contributed by atoms with van der Waals surface area (Å²) in [7, 11) is 1.63. The lowest BCUT2D eigenvalue weighted by molar-refractivity contribution is -0.124. The minimum Gasteiger partial charge on any atom is -0.497 e. The second-order valence-electron chi connectivity index (χ2n) is 6.28. The largest absolute Gasteiger partial charge is 0.497 e. The van der Waals surface area contributed by atoms with Gasteiger partial charge in [0.15, 0.2) is 6.61 Å². The maximum absolute atomic E-state index is 12.2. The van der Waals surface area contributed by atoms with Gasteiger partial charge >= 0.3 is 5.97 Å². The number of ether oxygens (including phenoxy) is 2. The molecule has 0 saturated heterocycles. The lowest BCUT2D eigenvalue weighted by Gasteiger charge is -2.12. The standard InChI is InChI=1S/C20H23NO4S/c1-24-15-8-6-14(7-9-15)10-11-21-19(22)12-25-20(23)17-13-26-18-5-3-2-4-16(17)18/h6-9,13H,2-5,10-12H2,1H3,(H,21,22). The number of carbonyl (C=O) groups is 2. The first-order valence-electron chi connectivity index (χ1n) is 8.83. The smallest absolute Gasteiger partial charge is 0.339 e. The Morgan fingerprint density at radius 1 is 1.15 bits per heavy atom. The average molecular weight is 373 g/mol. The zero-order chi connectivity index (χ0) is 18.4. The minimum atomic E-state index is -0.394. The zero-order valence-electron chi connectivity index (χ0n) is 14.9. The van der Waals surface area contributed by atoms with Gasteiger partial charge in [-0.2, -0.15) is 0 Å². The van der Waals surface area contributed by atoms with Gasteiger partial charge in [0.2, 0.25) is 0 Å². The molecular weight excluding hydrogens is 350 g/mol. The van der Waals surface area contributed by atoms with E-state index < -0.39 is 5.97 Å². The highest BCUT2D eigenvalue weighted by molar-refractivity contribution is 7.10. The summed E-state index contributed by atoms with van der Waals surface area (Å²) >= 11 is 1.62. The van der Waals surface area contributed by atoms with Gasteiger partial charge in [0.05, 0.1) is 12.7 Å². The van der Waals surface area contributed by atoms with Gasteiger partial charge < -0.3 is 14.8 Å². The Morgan fingerprint density at radius 3 is 2.69 bits per heavy atom. The normalized spacial score (nSPS) is 13.0. The van der Waals surface area contributed by atoms with Crippen molar-refractivity contribution in [3.8, 4) is 5.75 Å². The molecule has 0 radical (unpaired) electrons. The Labute approximate surface area is 157 Å². The number of aryl methyl sites for hydroxylation is 1. The van der Waals surface area contributed by atoms with E-state index in [1.54, 1.807) is 18.4 Å². The van der Waals surface area contributed by atoms with Crippen LogP contribution in [0.3, 0.4) is 0 Å². The van der Waals surface area contributed by atoms with E-state index in [1.165, 1.54) is 11.3 Å². The number of benzene rings is 1. The first-order valence-corrected chi connectivity index (χ1v) is 9.71. The number of thiophene rings is 1. The second-order valence-corrected chi connectivity index (χ2v) is 7.25. The summed E-state index contributed by atoms with van der Waals surface area (Å²) in [5.41, 5.74) is 2.86. The van der Waals surface area contributed by atoms with E-state index in [2.05, 4.69) is 5.32 Å². The summed E-state index contributed by atoms with van der Waals surface area (Å²) in [6, 6.07) is 7.70. The van der Waals surface area contributed by atoms with E-state index in [-0.39, 0.29) is 12.5 Å². The first-order chi connectivity index (χ1) is 12.7. The summed E-state index contributed by atoms with van der Waals surface area (Å²) in [5.74, 6) is 0.131. The van der Waals surface area contributed by atoms with Crippen LogP contribution in [-0.4, -0.2) is 32.1 Å². The molecule has 1 heterocycles. The highest BCUT2D eigenvalue weighted by Gasteiger charge is 2.21. The molecule has 1 aromatic heterocycles. The molecule has 1 aliphatic carbocycles. The van der Waals surface area contributed by atoms with Crippen LogP contribution in [0.4, 0.5) is 0 Å². The summed E-state index contributed by atoms with van der Waals surface area (Å²) < 4.78 is 10.3. The molecule has 5 nitrogen and oxygen atoms in total. The van der Waals surface area contributed by atoms with Crippen molar-refractivity contribution < 1.29 is 19.1 Å². The molecule has 1 amide bonds. The lowest BCUT2D eigenvalue weighted by atomic mass is 9.96. The molecule has 1 aromatic carbocycles. The molecule has 0 bridgehead atoms. The van der Waals surface area contributed by atoms with Gasteiger partial charge in [0.1, 0.15) is 5.75 Å². The SMILES string of the molecule is COc1ccc(CCNC(=O)COC(=O)c2csc3c2CCCC3)cc1. The predicted molar refractivity (Wildman–Crippen MR) is 101 cm³/mol. The molecule has 0 saturated carbocycles. The molecule has 0 aliphatic heterocycles. The highest BCUT2D eigenvalue weighted by Crippen LogP contribution is 2.30. The van der Waals surface area contributed by atoms with Crippen molar-refractivity contribution in [2.24, 2.45) is 0 Å². The molecule has 0 unspecified atom stereocenters. The Bertz CT molecular complexity index is 767. The maximum Gasteiger partial charge on any atom is 0.339 e. The van der Waals surface area contributed by atoms with Crippen LogP contribution in [0.2, 0.25) is 0 Å². The molecule has 26 heavy (non-hydrogen) atoms. The molecule has 2 aromatic rings. The number of methoxy groups -OCH3 is 1. The minimum absolute atomic E-state index is 0.244. The number of esters is 1. The number of hydrogen-bond donors (Lipinski definition) is 1. The maximum atomic E-state index is 12.2. The summed E-state index contributed by atoms with van der Waals surface area (Å²) in [4.78, 5) is 25.4. The Kier molecular flexibility index (Phi) is 6.28. The van der Waals surface area contributed by atoms with Gasteiger partial charge in [0.25, 0.3) is 5.91 Å². The van der Waals surface area contributed by atoms with Gasteiger partial charge in [-0.25, -0.2) is 4.79 Å². The second kappa shape index (κ2) is 8.85. The van der Waals surface area contributed by atoms with Crippen LogP contribution in [0, 0.1) is 0 Å². The Hall–Kier alpha value is -2.34. The molecular formula is C20H23NO4S. The van der Waals surface area contributed by atoms with Crippen molar-refractivity contribution >= 4 is 23.2 Å². The van der Waals surface area contributed by atoms with Gasteiger partial charge in [0, 0.05) is 16.8 Å². The van der Waals surface area contributed by atoms with Gasteiger partial charge in [-0.3, -0.25) is 4.79 Å². The summed E-state index contributed by atoms with van der Waals surface area (Å²) in [6.07, 6.45) is 4.96. The molecule has 138 valence electrons. The van der Waals surface area contributed by atoms with Crippen LogP contribution in [0.25, 0.3) is 0 Å². The van der Waals surface area contributed by atoms with E-state index in [4.69, 9.17) is 9.47 Å². The number of amides is 1. The first kappa shape index (κ1) is 18.5. The van der Waals surface area contributed by atoms with E-state index in [1.807, 2.05) is 29.6 Å². The van der Waals surface area contributed by atoms with Crippen molar-refractivity contribution in [1.29, 1.82) is 0 Å². The Balaban J connectivity index is 1.41. The molecule has 0 fully saturated rings. The van der Waals surface area contributed by atoms with E-state index in [0.717, 1.165) is 36.1 Å². The van der Waals surface area contributed by atoms with E-state index in [9.17, 15) is 9.59 Å². The van der Waals surface area contributed by atoms with Crippen molar-refractivity contribution in [1.82, 2.24) is 5.32 Å². The molecule has 0 spiro atoms. The number of rotatable bonds is 7. The molecule has 0 atom stereocenters. The van der Waals surface area contributed by atoms with Crippen molar-refractivity contribution in [3.05, 3.63) is 51.2 Å². The third-order valence-electron chi connectivity index (χ3n) is 4.51. The zero-order valence-corrected chi connectivity index (χ0v) is 15.7. The quantitative estimate of drug-likeness (QED) is 0.757. The number of nitrogens with one attached hydrogen (secondary N) is 1. The average Bonchev–Trinajstić information content (AvgIpc) is 3.11. The molecule has 1 aliphatic rings. The number of carbonyl (C=O) groups excluding carboxylic acids is 2. The fourth-order valence-electron chi connectivity index (χ4n) is 3.06.